The molecule has 2 aromatic carbocycles. The molecule has 0 atom stereocenters. The molecule has 1 amide bonds. The van der Waals surface area contributed by atoms with Gasteiger partial charge in [-0.1, -0.05) is 42.8 Å². The normalized spacial score (nSPS) is 28.4. The van der Waals surface area contributed by atoms with Gasteiger partial charge in [-0.25, -0.2) is 8.42 Å². The number of anilines is 1. The maximum absolute atomic E-state index is 12.9. The first-order chi connectivity index (χ1) is 18.8. The largest absolute Gasteiger partial charge is 0.350 e. The van der Waals surface area contributed by atoms with Gasteiger partial charge in [0.15, 0.2) is 0 Å². The van der Waals surface area contributed by atoms with E-state index in [9.17, 15) is 13.2 Å². The van der Waals surface area contributed by atoms with Crippen molar-refractivity contribution in [1.29, 1.82) is 0 Å². The fourth-order valence-electron chi connectivity index (χ4n) is 8.45. The van der Waals surface area contributed by atoms with E-state index in [0.29, 0.717) is 12.2 Å². The molecule has 39 heavy (non-hydrogen) atoms. The van der Waals surface area contributed by atoms with Crippen molar-refractivity contribution in [2.75, 3.05) is 30.2 Å². The summed E-state index contributed by atoms with van der Waals surface area (Å²) in [6.45, 7) is 3.39. The summed E-state index contributed by atoms with van der Waals surface area (Å²) in [5.74, 6) is 2.28. The van der Waals surface area contributed by atoms with Crippen molar-refractivity contribution in [3.8, 4) is 0 Å². The lowest BCUT2D eigenvalue weighted by molar-refractivity contribution is -0.119. The summed E-state index contributed by atoms with van der Waals surface area (Å²) in [7, 11) is -3.61. The molecular weight excluding hydrogens is 506 g/mol. The lowest BCUT2D eigenvalue weighted by atomic mass is 9.48. The molecule has 0 unspecified atom stereocenters. The summed E-state index contributed by atoms with van der Waals surface area (Å²) in [5.41, 5.74) is 4.46. The predicted molar refractivity (Wildman–Crippen MR) is 156 cm³/mol. The van der Waals surface area contributed by atoms with Crippen LogP contribution in [0.2, 0.25) is 0 Å². The fourth-order valence-corrected chi connectivity index (χ4v) is 9.30. The van der Waals surface area contributed by atoms with Gasteiger partial charge in [0.25, 0.3) is 0 Å². The number of nitrogens with zero attached hydrogens (tertiary/aromatic N) is 2. The Labute approximate surface area is 234 Å². The van der Waals surface area contributed by atoms with Crippen molar-refractivity contribution in [3.05, 3.63) is 65.2 Å². The molecule has 0 radical (unpaired) electrons. The van der Waals surface area contributed by atoms with E-state index in [1.54, 1.807) is 0 Å². The van der Waals surface area contributed by atoms with Crippen molar-refractivity contribution >= 4 is 21.6 Å². The second kappa shape index (κ2) is 10.9. The number of carbonyl (C=O) groups excluding carboxylic acids is 1. The highest BCUT2D eigenvalue weighted by Gasteiger charge is 2.51. The minimum atomic E-state index is -3.61. The summed E-state index contributed by atoms with van der Waals surface area (Å²) in [6, 6.07) is 16.4. The highest BCUT2D eigenvalue weighted by molar-refractivity contribution is 7.92. The van der Waals surface area contributed by atoms with Crippen LogP contribution in [0.3, 0.4) is 0 Å². The Kier molecular flexibility index (Phi) is 7.49. The number of hydrogen-bond donors (Lipinski definition) is 1. The van der Waals surface area contributed by atoms with E-state index in [2.05, 4.69) is 34.5 Å². The van der Waals surface area contributed by atoms with Gasteiger partial charge in [0.1, 0.15) is 6.54 Å². The average Bonchev–Trinajstić information content (AvgIpc) is 2.90. The molecule has 1 aliphatic heterocycles. The zero-order valence-electron chi connectivity index (χ0n) is 23.3. The molecule has 1 saturated heterocycles. The van der Waals surface area contributed by atoms with E-state index in [-0.39, 0.29) is 17.9 Å². The van der Waals surface area contributed by atoms with Crippen LogP contribution in [0.5, 0.6) is 0 Å². The molecule has 7 heteroatoms. The molecular formula is C32H43N3O3S. The number of likely N-dealkylation sites (tertiary alicyclic amines) is 1. The Morgan fingerprint density at radius 1 is 0.923 bits per heavy atom. The molecule has 4 bridgehead atoms. The summed E-state index contributed by atoms with van der Waals surface area (Å²) < 4.78 is 26.7. The van der Waals surface area contributed by atoms with Crippen LogP contribution in [0.25, 0.3) is 0 Å². The quantitative estimate of drug-likeness (QED) is 0.466. The Morgan fingerprint density at radius 3 is 2.15 bits per heavy atom. The van der Waals surface area contributed by atoms with Crippen molar-refractivity contribution in [1.82, 2.24) is 10.2 Å². The number of amides is 1. The fraction of sp³-hybridized carbons (Fsp3) is 0.594. The number of piperidine rings is 1. The van der Waals surface area contributed by atoms with Crippen molar-refractivity contribution in [3.63, 3.8) is 0 Å². The third-order valence-electron chi connectivity index (χ3n) is 9.83. The average molecular weight is 550 g/mol. The van der Waals surface area contributed by atoms with E-state index >= 15 is 0 Å². The topological polar surface area (TPSA) is 69.7 Å². The minimum absolute atomic E-state index is 0.219. The smallest absolute Gasteiger partial charge is 0.241 e. The first-order valence-electron chi connectivity index (χ1n) is 14.9. The lowest BCUT2D eigenvalue weighted by Gasteiger charge is -2.57. The molecule has 4 aliphatic carbocycles. The summed E-state index contributed by atoms with van der Waals surface area (Å²) in [5, 5.41) is 2.94. The van der Waals surface area contributed by atoms with Crippen LogP contribution in [0.15, 0.2) is 48.5 Å². The maximum atomic E-state index is 12.9. The van der Waals surface area contributed by atoms with Crippen LogP contribution in [0, 0.1) is 17.8 Å². The van der Waals surface area contributed by atoms with E-state index in [1.165, 1.54) is 79.5 Å². The summed E-state index contributed by atoms with van der Waals surface area (Å²) in [6.07, 6.45) is 13.0. The Bertz CT molecular complexity index is 1250. The van der Waals surface area contributed by atoms with Gasteiger partial charge in [-0.3, -0.25) is 14.0 Å². The zero-order valence-corrected chi connectivity index (χ0v) is 24.1. The molecule has 4 saturated carbocycles. The van der Waals surface area contributed by atoms with Crippen LogP contribution < -0.4 is 9.62 Å². The second-order valence-corrected chi connectivity index (χ2v) is 14.9. The van der Waals surface area contributed by atoms with Crippen LogP contribution in [0.4, 0.5) is 5.69 Å². The van der Waals surface area contributed by atoms with Gasteiger partial charge < -0.3 is 5.32 Å². The van der Waals surface area contributed by atoms with Gasteiger partial charge in [0.2, 0.25) is 15.9 Å². The minimum Gasteiger partial charge on any atom is -0.350 e. The molecule has 2 aromatic rings. The van der Waals surface area contributed by atoms with Crippen molar-refractivity contribution in [2.24, 2.45) is 17.8 Å². The van der Waals surface area contributed by atoms with Gasteiger partial charge >= 0.3 is 0 Å². The van der Waals surface area contributed by atoms with Crippen LogP contribution in [-0.4, -0.2) is 45.1 Å². The van der Waals surface area contributed by atoms with E-state index in [4.69, 9.17) is 0 Å². The molecule has 1 N–H and O–H groups in total. The van der Waals surface area contributed by atoms with Crippen molar-refractivity contribution < 1.29 is 13.2 Å². The monoisotopic (exact) mass is 549 g/mol. The number of benzene rings is 2. The summed E-state index contributed by atoms with van der Waals surface area (Å²) in [4.78, 5) is 15.4. The van der Waals surface area contributed by atoms with Gasteiger partial charge in [0, 0.05) is 13.1 Å². The van der Waals surface area contributed by atoms with Gasteiger partial charge in [0.05, 0.1) is 11.9 Å². The first kappa shape index (κ1) is 26.8. The number of rotatable bonds is 9. The molecule has 7 rings (SSSR count). The maximum Gasteiger partial charge on any atom is 0.241 e. The zero-order chi connectivity index (χ0) is 27.0. The van der Waals surface area contributed by atoms with Crippen molar-refractivity contribution in [2.45, 2.75) is 76.3 Å². The Hall–Kier alpha value is -2.38. The standard InChI is InChI=1S/C32H43N3O3S/c1-39(37,38)35(23-31(36)33-21-24-6-5-7-25(14-24)22-34-12-3-2-4-13-34)30-10-8-29(9-11-30)32-18-26-15-27(19-32)17-28(16-26)20-32/h5-11,14,26-28H,2-4,12-13,15-23H2,1H3,(H,33,36). The number of nitrogens with one attached hydrogen (secondary N) is 1. The lowest BCUT2D eigenvalue weighted by Crippen LogP contribution is -2.48. The number of hydrogen-bond acceptors (Lipinski definition) is 4. The number of carbonyl (C=O) groups is 1. The van der Waals surface area contributed by atoms with Crippen LogP contribution in [-0.2, 0) is 33.3 Å². The van der Waals surface area contributed by atoms with Crippen LogP contribution in [0.1, 0.15) is 74.5 Å². The number of sulfonamides is 1. The Balaban J connectivity index is 1.09. The van der Waals surface area contributed by atoms with E-state index in [0.717, 1.165) is 43.0 Å². The van der Waals surface area contributed by atoms with E-state index in [1.807, 2.05) is 24.3 Å². The molecule has 0 spiro atoms. The van der Waals surface area contributed by atoms with Gasteiger partial charge in [-0.15, -0.1) is 0 Å². The highest BCUT2D eigenvalue weighted by Crippen LogP contribution is 2.60. The first-order valence-corrected chi connectivity index (χ1v) is 16.8. The summed E-state index contributed by atoms with van der Waals surface area (Å²) >= 11 is 0. The second-order valence-electron chi connectivity index (χ2n) is 12.9. The van der Waals surface area contributed by atoms with Crippen LogP contribution >= 0.6 is 0 Å². The molecule has 5 fully saturated rings. The van der Waals surface area contributed by atoms with Gasteiger partial charge in [-0.2, -0.15) is 0 Å². The van der Waals surface area contributed by atoms with Gasteiger partial charge in [-0.05, 0) is 116 Å². The molecule has 6 nitrogen and oxygen atoms in total. The third-order valence-corrected chi connectivity index (χ3v) is 11.0. The predicted octanol–water partition coefficient (Wildman–Crippen LogP) is 5.22. The molecule has 1 heterocycles. The third kappa shape index (κ3) is 6.04. The van der Waals surface area contributed by atoms with E-state index < -0.39 is 10.0 Å². The molecule has 210 valence electrons. The SMILES string of the molecule is CS(=O)(=O)N(CC(=O)NCc1cccc(CN2CCCCC2)c1)c1ccc(C23CC4CC(CC(C4)C2)C3)cc1. The molecule has 0 aromatic heterocycles. The molecule has 5 aliphatic rings. The Morgan fingerprint density at radius 2 is 1.54 bits per heavy atom. The highest BCUT2D eigenvalue weighted by atomic mass is 32.2.